The molecule has 0 spiro atoms. The highest BCUT2D eigenvalue weighted by Crippen LogP contribution is 2.23. The van der Waals surface area contributed by atoms with E-state index >= 15 is 0 Å². The Kier molecular flexibility index (Phi) is 23.5. The van der Waals surface area contributed by atoms with Crippen molar-refractivity contribution in [2.24, 2.45) is 5.41 Å². The van der Waals surface area contributed by atoms with Gasteiger partial charge in [-0.2, -0.15) is 37.9 Å². The molecule has 0 fully saturated rings. The molecule has 0 atom stereocenters. The summed E-state index contributed by atoms with van der Waals surface area (Å²) in [6, 6.07) is 0.521. The minimum Gasteiger partial charge on any atom is -0.465 e. The van der Waals surface area contributed by atoms with Crippen molar-refractivity contribution >= 4 is 87.6 Å². The number of nitrogens with one attached hydrogen (secondary N) is 1. The molecule has 1 amide bonds. The van der Waals surface area contributed by atoms with Crippen LogP contribution in [-0.4, -0.2) is 115 Å². The average Bonchev–Trinajstić information content (AvgIpc) is 2.97. The van der Waals surface area contributed by atoms with Crippen LogP contribution in [0.1, 0.15) is 32.1 Å². The fourth-order valence-electron chi connectivity index (χ4n) is 3.08. The van der Waals surface area contributed by atoms with Gasteiger partial charge in [-0.15, -0.1) is 0 Å². The number of rotatable bonds is 24. The molecule has 0 aliphatic heterocycles. The molecule has 0 bridgehead atoms. The van der Waals surface area contributed by atoms with Crippen LogP contribution in [0.15, 0.2) is 0 Å². The number of ether oxygens (including phenoxy) is 4. The van der Waals surface area contributed by atoms with Gasteiger partial charge in [0.15, 0.2) is 0 Å². The fourth-order valence-corrected chi connectivity index (χ4v) is 6.00. The molecule has 18 heteroatoms. The van der Waals surface area contributed by atoms with Gasteiger partial charge in [-0.25, -0.2) is 0 Å². The SMILES string of the molecule is CO[Si](CCCNC(=O)SCCC(=O)OCC(COC(=O)CCS)(COC(=O)CCS)COC(=O)CCS)(OC)OC. The summed E-state index contributed by atoms with van der Waals surface area (Å²) < 4.78 is 37.3. The second kappa shape index (κ2) is 24.2. The first-order valence-electron chi connectivity index (χ1n) is 13.1. The Morgan fingerprint density at radius 2 is 1.05 bits per heavy atom. The molecule has 0 aromatic heterocycles. The molecule has 0 aliphatic carbocycles. The first-order valence-corrected chi connectivity index (χ1v) is 17.9. The smallest absolute Gasteiger partial charge is 0.465 e. The van der Waals surface area contributed by atoms with Crippen molar-refractivity contribution < 1.29 is 56.2 Å². The van der Waals surface area contributed by atoms with E-state index < -0.39 is 38.1 Å². The third kappa shape index (κ3) is 18.5. The highest BCUT2D eigenvalue weighted by Gasteiger charge is 2.38. The quantitative estimate of drug-likeness (QED) is 0.0383. The monoisotopic (exact) mass is 693 g/mol. The zero-order valence-electron chi connectivity index (χ0n) is 24.3. The van der Waals surface area contributed by atoms with Crippen molar-refractivity contribution in [2.45, 2.75) is 38.1 Å². The molecule has 0 heterocycles. The average molecular weight is 694 g/mol. The van der Waals surface area contributed by atoms with Crippen molar-refractivity contribution in [1.82, 2.24) is 5.32 Å². The van der Waals surface area contributed by atoms with Crippen LogP contribution in [0.2, 0.25) is 6.04 Å². The highest BCUT2D eigenvalue weighted by molar-refractivity contribution is 8.13. The molecule has 0 radical (unpaired) electrons. The molecular weight excluding hydrogens is 651 g/mol. The topological polar surface area (TPSA) is 162 Å². The summed E-state index contributed by atoms with van der Waals surface area (Å²) in [5.41, 5.74) is -1.36. The van der Waals surface area contributed by atoms with Crippen LogP contribution in [0.5, 0.6) is 0 Å². The lowest BCUT2D eigenvalue weighted by Gasteiger charge is -2.31. The number of carbonyl (C=O) groups is 5. The third-order valence-corrected chi connectivity index (χ3v) is 9.82. The maximum Gasteiger partial charge on any atom is 0.500 e. The number of carbonyl (C=O) groups excluding carboxylic acids is 5. The van der Waals surface area contributed by atoms with Crippen molar-refractivity contribution in [3.8, 4) is 0 Å². The van der Waals surface area contributed by atoms with Crippen LogP contribution in [0, 0.1) is 5.41 Å². The zero-order valence-corrected chi connectivity index (χ0v) is 28.8. The maximum absolute atomic E-state index is 12.5. The largest absolute Gasteiger partial charge is 0.500 e. The van der Waals surface area contributed by atoms with Gasteiger partial charge in [0.25, 0.3) is 5.24 Å². The molecule has 0 aliphatic rings. The Morgan fingerprint density at radius 1 is 0.667 bits per heavy atom. The van der Waals surface area contributed by atoms with Crippen LogP contribution in [0.3, 0.4) is 0 Å². The summed E-state index contributed by atoms with van der Waals surface area (Å²) in [7, 11) is 1.82. The van der Waals surface area contributed by atoms with E-state index in [1.165, 1.54) is 21.3 Å². The summed E-state index contributed by atoms with van der Waals surface area (Å²) in [4.78, 5) is 60.7. The molecule has 0 saturated heterocycles. The third-order valence-electron chi connectivity index (χ3n) is 5.51. The maximum atomic E-state index is 12.5. The molecular formula is C24H43NO12S4Si. The minimum atomic E-state index is -2.72. The van der Waals surface area contributed by atoms with Crippen molar-refractivity contribution in [3.63, 3.8) is 0 Å². The molecule has 1 N–H and O–H groups in total. The summed E-state index contributed by atoms with van der Waals surface area (Å²) >= 11 is 12.9. The number of hydrogen-bond donors (Lipinski definition) is 4. The molecule has 0 saturated carbocycles. The number of amides is 1. The van der Waals surface area contributed by atoms with E-state index in [4.69, 9.17) is 32.2 Å². The molecule has 42 heavy (non-hydrogen) atoms. The van der Waals surface area contributed by atoms with E-state index in [-0.39, 0.29) is 80.4 Å². The Bertz CT molecular complexity index is 772. The van der Waals surface area contributed by atoms with Crippen molar-refractivity contribution in [2.75, 3.05) is 77.3 Å². The second-order valence-corrected chi connectivity index (χ2v) is 14.3. The minimum absolute atomic E-state index is 0.0190. The van der Waals surface area contributed by atoms with Gasteiger partial charge in [0.1, 0.15) is 31.8 Å². The first kappa shape index (κ1) is 40.8. The molecule has 0 aromatic carbocycles. The summed E-state index contributed by atoms with van der Waals surface area (Å²) in [6.45, 7) is -1.08. The molecule has 13 nitrogen and oxygen atoms in total. The molecule has 0 rings (SSSR count). The zero-order chi connectivity index (χ0) is 31.9. The van der Waals surface area contributed by atoms with E-state index in [1.807, 2.05) is 0 Å². The van der Waals surface area contributed by atoms with Gasteiger partial charge in [0, 0.05) is 56.9 Å². The summed E-state index contributed by atoms with van der Waals surface area (Å²) in [5.74, 6) is -1.51. The van der Waals surface area contributed by atoms with Gasteiger partial charge in [-0.3, -0.25) is 24.0 Å². The Hall–Kier alpha value is -1.15. The molecule has 0 aromatic rings. The number of hydrogen-bond acceptors (Lipinski definition) is 16. The van der Waals surface area contributed by atoms with Crippen molar-refractivity contribution in [1.29, 1.82) is 0 Å². The normalized spacial score (nSPS) is 11.5. The Labute approximate surface area is 269 Å². The summed E-state index contributed by atoms with van der Waals surface area (Å²) in [5, 5.41) is 2.42. The van der Waals surface area contributed by atoms with Crippen molar-refractivity contribution in [3.05, 3.63) is 0 Å². The number of thioether (sulfide) groups is 1. The van der Waals surface area contributed by atoms with Crippen LogP contribution in [-0.2, 0) is 51.4 Å². The van der Waals surface area contributed by atoms with Gasteiger partial charge in [0.05, 0.1) is 25.7 Å². The predicted octanol–water partition coefficient (Wildman–Crippen LogP) is 2.21. The van der Waals surface area contributed by atoms with Gasteiger partial charge < -0.3 is 37.5 Å². The lowest BCUT2D eigenvalue weighted by Crippen LogP contribution is -2.44. The van der Waals surface area contributed by atoms with Gasteiger partial charge in [0.2, 0.25) is 0 Å². The first-order chi connectivity index (χ1) is 20.0. The number of thiol groups is 3. The van der Waals surface area contributed by atoms with E-state index in [1.54, 1.807) is 0 Å². The second-order valence-electron chi connectivity index (χ2n) is 8.78. The van der Waals surface area contributed by atoms with Crippen LogP contribution >= 0.6 is 49.6 Å². The standard InChI is InChI=1S/C24H43NO12S4Si/c1-31-42(32-2,33-3)14-4-9-25-23(30)41-13-8-22(29)37-18-24(15-34-19(26)5-10-38,16-35-20(27)6-11-39)17-36-21(28)7-12-40/h38-40H,4-18H2,1-3H3,(H,25,30). The van der Waals surface area contributed by atoms with Gasteiger partial charge in [-0.1, -0.05) is 11.8 Å². The van der Waals surface area contributed by atoms with E-state index in [0.717, 1.165) is 11.8 Å². The fraction of sp³-hybridized carbons (Fsp3) is 0.792. The Balaban J connectivity index is 5.08. The van der Waals surface area contributed by atoms with Gasteiger partial charge in [-0.05, 0) is 6.42 Å². The van der Waals surface area contributed by atoms with Crippen LogP contribution in [0.25, 0.3) is 0 Å². The predicted molar refractivity (Wildman–Crippen MR) is 168 cm³/mol. The van der Waals surface area contributed by atoms with E-state index in [2.05, 4.69) is 43.2 Å². The van der Waals surface area contributed by atoms with Crippen LogP contribution < -0.4 is 5.32 Å². The Morgan fingerprint density at radius 3 is 1.40 bits per heavy atom. The molecule has 0 unspecified atom stereocenters. The highest BCUT2D eigenvalue weighted by atomic mass is 32.2. The van der Waals surface area contributed by atoms with E-state index in [9.17, 15) is 24.0 Å². The lowest BCUT2D eigenvalue weighted by atomic mass is 9.92. The van der Waals surface area contributed by atoms with E-state index in [0.29, 0.717) is 19.0 Å². The lowest BCUT2D eigenvalue weighted by molar-refractivity contribution is -0.170. The van der Waals surface area contributed by atoms with Gasteiger partial charge >= 0.3 is 32.7 Å². The van der Waals surface area contributed by atoms with Crippen LogP contribution in [0.4, 0.5) is 4.79 Å². The number of esters is 4. The summed E-state index contributed by atoms with van der Waals surface area (Å²) in [6.07, 6.45) is 0.523. The molecule has 244 valence electrons.